The zero-order valence-electron chi connectivity index (χ0n) is 16.2. The van der Waals surface area contributed by atoms with Crippen molar-refractivity contribution in [2.45, 2.75) is 19.0 Å². The monoisotopic (exact) mass is 382 g/mol. The van der Waals surface area contributed by atoms with Crippen LogP contribution in [0.2, 0.25) is 0 Å². The quantitative estimate of drug-likeness (QED) is 0.608. The lowest BCUT2D eigenvalue weighted by Gasteiger charge is -2.32. The summed E-state index contributed by atoms with van der Waals surface area (Å²) in [7, 11) is 2.23. The Morgan fingerprint density at radius 2 is 1.71 bits per heavy atom. The third-order valence-corrected chi connectivity index (χ3v) is 5.63. The van der Waals surface area contributed by atoms with E-state index < -0.39 is 0 Å². The van der Waals surface area contributed by atoms with Gasteiger partial charge in [0.2, 0.25) is 5.82 Å². The van der Waals surface area contributed by atoms with E-state index >= 15 is 0 Å². The number of rotatable bonds is 6. The van der Waals surface area contributed by atoms with Crippen molar-refractivity contribution < 1.29 is 14.2 Å². The van der Waals surface area contributed by atoms with Gasteiger partial charge < -0.3 is 9.80 Å². The first kappa shape index (κ1) is 18.7. The van der Waals surface area contributed by atoms with Crippen LogP contribution in [0.5, 0.6) is 0 Å². The molecule has 1 saturated heterocycles. The van der Waals surface area contributed by atoms with E-state index in [4.69, 9.17) is 0 Å². The molecular formula is C21H27FN6+2. The highest BCUT2D eigenvalue weighted by atomic mass is 19.1. The Balaban J connectivity index is 1.61. The maximum atomic E-state index is 13.5. The van der Waals surface area contributed by atoms with Gasteiger partial charge in [-0.3, -0.25) is 0 Å². The zero-order chi connectivity index (χ0) is 19.3. The number of hydrogen-bond donors (Lipinski definition) is 2. The molecule has 1 aliphatic rings. The molecule has 7 heteroatoms. The second-order valence-electron chi connectivity index (χ2n) is 7.60. The van der Waals surface area contributed by atoms with Crippen LogP contribution in [-0.2, 0) is 13.0 Å². The van der Waals surface area contributed by atoms with Crippen molar-refractivity contribution in [3.05, 3.63) is 77.4 Å². The normalized spacial score (nSPS) is 20.8. The summed E-state index contributed by atoms with van der Waals surface area (Å²) in [6.07, 6.45) is 0.872. The minimum Gasteiger partial charge on any atom is -0.328 e. The Kier molecular flexibility index (Phi) is 5.73. The molecule has 0 unspecified atom stereocenters. The van der Waals surface area contributed by atoms with Crippen LogP contribution in [0.1, 0.15) is 23.0 Å². The maximum Gasteiger partial charge on any atom is 0.214 e. The molecule has 6 nitrogen and oxygen atoms in total. The number of aryl methyl sites for hydroxylation is 2. The lowest BCUT2D eigenvalue weighted by atomic mass is 10.0. The van der Waals surface area contributed by atoms with Gasteiger partial charge in [0.05, 0.1) is 7.05 Å². The van der Waals surface area contributed by atoms with Crippen LogP contribution in [0.25, 0.3) is 0 Å². The van der Waals surface area contributed by atoms with Gasteiger partial charge in [-0.05, 0) is 46.7 Å². The number of nitrogens with one attached hydrogen (secondary N) is 2. The molecule has 2 N–H and O–H groups in total. The van der Waals surface area contributed by atoms with E-state index in [-0.39, 0.29) is 11.9 Å². The van der Waals surface area contributed by atoms with Gasteiger partial charge in [0, 0.05) is 12.1 Å². The Morgan fingerprint density at radius 3 is 2.43 bits per heavy atom. The summed E-state index contributed by atoms with van der Waals surface area (Å²) in [4.78, 5) is 2.98. The molecular weight excluding hydrogens is 355 g/mol. The molecule has 146 valence electrons. The van der Waals surface area contributed by atoms with Gasteiger partial charge in [0.1, 0.15) is 32.0 Å². The molecule has 1 fully saturated rings. The van der Waals surface area contributed by atoms with Crippen molar-refractivity contribution in [2.75, 3.05) is 33.2 Å². The number of quaternary nitrogens is 2. The molecule has 0 spiro atoms. The topological polar surface area (TPSA) is 52.5 Å². The fourth-order valence-corrected chi connectivity index (χ4v) is 3.97. The molecule has 0 aliphatic carbocycles. The smallest absolute Gasteiger partial charge is 0.214 e. The highest BCUT2D eigenvalue weighted by Gasteiger charge is 2.34. The first-order chi connectivity index (χ1) is 13.7. The molecule has 2 aromatic carbocycles. The number of benzene rings is 2. The predicted octanol–water partition coefficient (Wildman–Crippen LogP) is -0.442. The number of aromatic nitrogens is 4. The summed E-state index contributed by atoms with van der Waals surface area (Å²) in [5.41, 5.74) is 2.32. The SMILES string of the molecule is C[NH+]1CC[NH+]([C@@H](c2ccc(F)cc2)c2nnnn2CCc2ccccc2)CC1. The van der Waals surface area contributed by atoms with E-state index in [2.05, 4.69) is 34.7 Å². The van der Waals surface area contributed by atoms with Gasteiger partial charge in [-0.25, -0.2) is 9.07 Å². The standard InChI is InChI=1S/C21H25FN6/c1-26-13-15-27(16-14-26)20(18-7-9-19(22)10-8-18)21-23-24-25-28(21)12-11-17-5-3-2-4-6-17/h2-10,20H,11-16H2,1H3/p+2/t20-/m0/s1. The number of piperazine rings is 1. The second kappa shape index (κ2) is 8.58. The van der Waals surface area contributed by atoms with Gasteiger partial charge in [0.25, 0.3) is 0 Å². The van der Waals surface area contributed by atoms with E-state index in [1.165, 1.54) is 22.6 Å². The van der Waals surface area contributed by atoms with Gasteiger partial charge in [-0.2, -0.15) is 0 Å². The van der Waals surface area contributed by atoms with E-state index in [0.717, 1.165) is 50.5 Å². The van der Waals surface area contributed by atoms with Crippen LogP contribution in [0.15, 0.2) is 54.6 Å². The third kappa shape index (κ3) is 4.26. The number of hydrogen-bond acceptors (Lipinski definition) is 3. The van der Waals surface area contributed by atoms with Crippen molar-refractivity contribution in [1.29, 1.82) is 0 Å². The van der Waals surface area contributed by atoms with Crippen LogP contribution in [-0.4, -0.2) is 53.4 Å². The second-order valence-corrected chi connectivity index (χ2v) is 7.60. The Hall–Kier alpha value is -2.64. The largest absolute Gasteiger partial charge is 0.328 e. The highest BCUT2D eigenvalue weighted by Crippen LogP contribution is 2.18. The van der Waals surface area contributed by atoms with E-state index in [1.807, 2.05) is 35.0 Å². The van der Waals surface area contributed by atoms with Gasteiger partial charge >= 0.3 is 0 Å². The van der Waals surface area contributed by atoms with Gasteiger partial charge in [0.15, 0.2) is 6.04 Å². The molecule has 1 aliphatic heterocycles. The first-order valence-corrected chi connectivity index (χ1v) is 9.92. The fourth-order valence-electron chi connectivity index (χ4n) is 3.97. The first-order valence-electron chi connectivity index (χ1n) is 9.92. The number of likely N-dealkylation sites (N-methyl/N-ethyl adjacent to an activating group) is 1. The number of tetrazole rings is 1. The minimum atomic E-state index is -0.219. The zero-order valence-corrected chi connectivity index (χ0v) is 16.2. The lowest BCUT2D eigenvalue weighted by molar-refractivity contribution is -1.02. The molecule has 0 bridgehead atoms. The van der Waals surface area contributed by atoms with Crippen molar-refractivity contribution in [3.8, 4) is 0 Å². The molecule has 0 amide bonds. The third-order valence-electron chi connectivity index (χ3n) is 5.63. The average Bonchev–Trinajstić information content (AvgIpc) is 3.18. The summed E-state index contributed by atoms with van der Waals surface area (Å²) in [6.45, 7) is 5.03. The molecule has 0 saturated carbocycles. The Bertz CT molecular complexity index is 871. The minimum absolute atomic E-state index is 0.0134. The van der Waals surface area contributed by atoms with Crippen LogP contribution in [0, 0.1) is 5.82 Å². The molecule has 0 radical (unpaired) electrons. The molecule has 28 heavy (non-hydrogen) atoms. The maximum absolute atomic E-state index is 13.5. The Morgan fingerprint density at radius 1 is 1.00 bits per heavy atom. The summed E-state index contributed by atoms with van der Waals surface area (Å²) < 4.78 is 15.4. The van der Waals surface area contributed by atoms with Gasteiger partial charge in [-0.15, -0.1) is 5.10 Å². The van der Waals surface area contributed by atoms with E-state index in [9.17, 15) is 4.39 Å². The molecule has 1 aromatic heterocycles. The van der Waals surface area contributed by atoms with Crippen LogP contribution >= 0.6 is 0 Å². The number of nitrogens with zero attached hydrogens (tertiary/aromatic N) is 4. The van der Waals surface area contributed by atoms with Gasteiger partial charge in [-0.1, -0.05) is 30.3 Å². The van der Waals surface area contributed by atoms with Crippen molar-refractivity contribution in [2.24, 2.45) is 0 Å². The fraction of sp³-hybridized carbons (Fsp3) is 0.381. The molecule has 2 heterocycles. The van der Waals surface area contributed by atoms with Crippen LogP contribution < -0.4 is 9.80 Å². The van der Waals surface area contributed by atoms with Crippen LogP contribution in [0.3, 0.4) is 0 Å². The van der Waals surface area contributed by atoms with Crippen molar-refractivity contribution in [3.63, 3.8) is 0 Å². The van der Waals surface area contributed by atoms with Crippen LogP contribution in [0.4, 0.5) is 4.39 Å². The highest BCUT2D eigenvalue weighted by molar-refractivity contribution is 5.23. The number of halogens is 1. The van der Waals surface area contributed by atoms with Crippen molar-refractivity contribution in [1.82, 2.24) is 20.2 Å². The predicted molar refractivity (Wildman–Crippen MR) is 104 cm³/mol. The van der Waals surface area contributed by atoms with E-state index in [0.29, 0.717) is 0 Å². The molecule has 1 atom stereocenters. The molecule has 3 aromatic rings. The summed E-state index contributed by atoms with van der Waals surface area (Å²) >= 11 is 0. The molecule has 4 rings (SSSR count). The Labute approximate surface area is 164 Å². The van der Waals surface area contributed by atoms with Crippen molar-refractivity contribution >= 4 is 0 Å². The average molecular weight is 382 g/mol. The summed E-state index contributed by atoms with van der Waals surface area (Å²) in [5, 5.41) is 12.6. The lowest BCUT2D eigenvalue weighted by Crippen LogP contribution is -3.27. The summed E-state index contributed by atoms with van der Waals surface area (Å²) in [5.74, 6) is 0.640. The summed E-state index contributed by atoms with van der Waals surface area (Å²) in [6, 6.07) is 17.2. The van der Waals surface area contributed by atoms with E-state index in [1.54, 1.807) is 4.90 Å².